The van der Waals surface area contributed by atoms with Crippen LogP contribution in [0.1, 0.15) is 0 Å². The molecule has 4 N–H and O–H groups in total. The topological polar surface area (TPSA) is 91.2 Å². The Morgan fingerprint density at radius 2 is 2.00 bits per heavy atom. The molecule has 0 spiro atoms. The van der Waals surface area contributed by atoms with E-state index in [1.807, 2.05) is 0 Å². The van der Waals surface area contributed by atoms with E-state index in [9.17, 15) is 10.2 Å². The van der Waals surface area contributed by atoms with Gasteiger partial charge in [-0.25, -0.2) is 0 Å². The van der Waals surface area contributed by atoms with Gasteiger partial charge in [0.05, 0.1) is 32.6 Å². The van der Waals surface area contributed by atoms with Crippen LogP contribution in [0.2, 0.25) is 0 Å². The molecule has 96 valence electrons. The van der Waals surface area contributed by atoms with Crippen LogP contribution >= 0.6 is 0 Å². The quantitative estimate of drug-likeness (QED) is 0.569. The second-order valence-electron chi connectivity index (χ2n) is 3.41. The molecule has 0 fully saturated rings. The number of nitrogens with one attached hydrogen (secondary N) is 1. The zero-order chi connectivity index (χ0) is 12.8. The van der Waals surface area contributed by atoms with Gasteiger partial charge >= 0.3 is 0 Å². The Morgan fingerprint density at radius 1 is 1.29 bits per heavy atom. The predicted molar refractivity (Wildman–Crippen MR) is 62.8 cm³/mol. The number of rotatable bonds is 6. The molecular formula is C11H17NO5. The highest BCUT2D eigenvalue weighted by molar-refractivity contribution is 5.67. The summed E-state index contributed by atoms with van der Waals surface area (Å²) in [5, 5.41) is 30.5. The van der Waals surface area contributed by atoms with Gasteiger partial charge < -0.3 is 30.1 Å². The van der Waals surface area contributed by atoms with Crippen LogP contribution in [0.25, 0.3) is 0 Å². The maximum absolute atomic E-state index is 9.79. The number of phenolic OH excluding ortho intramolecular Hbond substituents is 1. The third-order valence-electron chi connectivity index (χ3n) is 2.26. The van der Waals surface area contributed by atoms with Crippen molar-refractivity contribution in [1.82, 2.24) is 0 Å². The van der Waals surface area contributed by atoms with E-state index in [4.69, 9.17) is 14.6 Å². The number of benzene rings is 1. The second-order valence-corrected chi connectivity index (χ2v) is 3.41. The van der Waals surface area contributed by atoms with E-state index in [1.54, 1.807) is 12.1 Å². The van der Waals surface area contributed by atoms with E-state index in [0.717, 1.165) is 0 Å². The third kappa shape index (κ3) is 3.15. The monoisotopic (exact) mass is 243 g/mol. The van der Waals surface area contributed by atoms with Gasteiger partial charge in [-0.15, -0.1) is 0 Å². The van der Waals surface area contributed by atoms with Crippen LogP contribution < -0.4 is 14.8 Å². The fraction of sp³-hybridized carbons (Fsp3) is 0.455. The number of methoxy groups -OCH3 is 2. The minimum atomic E-state index is -0.871. The van der Waals surface area contributed by atoms with E-state index >= 15 is 0 Å². The first kappa shape index (κ1) is 13.4. The Morgan fingerprint density at radius 3 is 2.53 bits per heavy atom. The Bertz CT molecular complexity index is 369. The summed E-state index contributed by atoms with van der Waals surface area (Å²) in [5.41, 5.74) is 0.512. The molecule has 1 aromatic carbocycles. The van der Waals surface area contributed by atoms with Crippen LogP contribution in [0.4, 0.5) is 5.69 Å². The van der Waals surface area contributed by atoms with Gasteiger partial charge in [0.1, 0.15) is 0 Å². The van der Waals surface area contributed by atoms with E-state index in [0.29, 0.717) is 11.4 Å². The lowest BCUT2D eigenvalue weighted by molar-refractivity contribution is 0.105. The first-order chi connectivity index (χ1) is 8.13. The molecule has 0 amide bonds. The van der Waals surface area contributed by atoms with Gasteiger partial charge in [0.2, 0.25) is 5.75 Å². The molecule has 0 radical (unpaired) electrons. The van der Waals surface area contributed by atoms with Gasteiger partial charge in [-0.2, -0.15) is 0 Å². The Hall–Kier alpha value is -1.66. The Kier molecular flexibility index (Phi) is 4.86. The van der Waals surface area contributed by atoms with Crippen LogP contribution in [0.15, 0.2) is 12.1 Å². The molecule has 0 saturated heterocycles. The lowest BCUT2D eigenvalue weighted by atomic mass is 10.2. The van der Waals surface area contributed by atoms with Gasteiger partial charge in [0.25, 0.3) is 0 Å². The first-order valence-corrected chi connectivity index (χ1v) is 5.10. The van der Waals surface area contributed by atoms with Crippen molar-refractivity contribution in [2.75, 3.05) is 32.7 Å². The lowest BCUT2D eigenvalue weighted by Crippen LogP contribution is -2.23. The maximum atomic E-state index is 9.79. The highest BCUT2D eigenvalue weighted by Crippen LogP contribution is 2.41. The number of anilines is 1. The average molecular weight is 243 g/mol. The average Bonchev–Trinajstić information content (AvgIpc) is 2.35. The molecule has 0 heterocycles. The molecule has 17 heavy (non-hydrogen) atoms. The van der Waals surface area contributed by atoms with Crippen LogP contribution in [0, 0.1) is 0 Å². The normalized spacial score (nSPS) is 12.0. The van der Waals surface area contributed by atoms with Gasteiger partial charge in [-0.05, 0) is 12.1 Å². The van der Waals surface area contributed by atoms with E-state index < -0.39 is 6.10 Å². The highest BCUT2D eigenvalue weighted by Gasteiger charge is 2.14. The molecule has 6 nitrogen and oxygen atoms in total. The fourth-order valence-corrected chi connectivity index (χ4v) is 1.36. The number of aliphatic hydroxyl groups is 2. The summed E-state index contributed by atoms with van der Waals surface area (Å²) in [5.74, 6) is 0.420. The van der Waals surface area contributed by atoms with E-state index in [2.05, 4.69) is 5.32 Å². The van der Waals surface area contributed by atoms with Crippen molar-refractivity contribution in [3.05, 3.63) is 12.1 Å². The molecular weight excluding hydrogens is 226 g/mol. The Balaban J connectivity index is 2.88. The number of aromatic hydroxyl groups is 1. The zero-order valence-corrected chi connectivity index (χ0v) is 9.80. The molecule has 1 aromatic rings. The molecule has 0 bridgehead atoms. The number of phenols is 1. The second kappa shape index (κ2) is 6.17. The summed E-state index contributed by atoms with van der Waals surface area (Å²) in [6, 6.07) is 3.23. The van der Waals surface area contributed by atoms with E-state index in [-0.39, 0.29) is 24.7 Å². The minimum absolute atomic E-state index is 0.113. The van der Waals surface area contributed by atoms with Crippen molar-refractivity contribution in [3.63, 3.8) is 0 Å². The lowest BCUT2D eigenvalue weighted by Gasteiger charge is -2.15. The van der Waals surface area contributed by atoms with Crippen molar-refractivity contribution < 1.29 is 24.8 Å². The number of hydrogen-bond donors (Lipinski definition) is 4. The van der Waals surface area contributed by atoms with Crippen molar-refractivity contribution in [3.8, 4) is 17.2 Å². The van der Waals surface area contributed by atoms with E-state index in [1.165, 1.54) is 14.2 Å². The van der Waals surface area contributed by atoms with Crippen molar-refractivity contribution >= 4 is 5.69 Å². The fourth-order valence-electron chi connectivity index (χ4n) is 1.36. The summed E-state index contributed by atoms with van der Waals surface area (Å²) < 4.78 is 9.99. The molecule has 0 aliphatic rings. The Labute approximate surface area is 99.4 Å². The summed E-state index contributed by atoms with van der Waals surface area (Å²) in [6.45, 7) is -0.184. The van der Waals surface area contributed by atoms with Gasteiger partial charge in [-0.1, -0.05) is 0 Å². The smallest absolute Gasteiger partial charge is 0.202 e. The molecule has 1 atom stereocenters. The first-order valence-electron chi connectivity index (χ1n) is 5.10. The molecule has 1 rings (SSSR count). The van der Waals surface area contributed by atoms with Gasteiger partial charge in [0, 0.05) is 6.54 Å². The summed E-state index contributed by atoms with van der Waals surface area (Å²) in [4.78, 5) is 0. The minimum Gasteiger partial charge on any atom is -0.502 e. The van der Waals surface area contributed by atoms with Gasteiger partial charge in [0.15, 0.2) is 11.5 Å². The third-order valence-corrected chi connectivity index (χ3v) is 2.26. The van der Waals surface area contributed by atoms with Crippen LogP contribution in [-0.2, 0) is 0 Å². The summed E-state index contributed by atoms with van der Waals surface area (Å²) >= 11 is 0. The molecule has 0 aliphatic heterocycles. The van der Waals surface area contributed by atoms with Crippen LogP contribution in [0.3, 0.4) is 0 Å². The standard InChI is InChI=1S/C11H17NO5/c1-16-9-4-3-8(11(17-2)10(9)15)12-5-7(14)6-13/h3-4,7,12-15H,5-6H2,1-2H3. The zero-order valence-electron chi connectivity index (χ0n) is 9.80. The molecule has 0 aliphatic carbocycles. The SMILES string of the molecule is COc1ccc(NCC(O)CO)c(OC)c1O. The highest BCUT2D eigenvalue weighted by atomic mass is 16.5. The molecule has 0 aromatic heterocycles. The summed E-state index contributed by atoms with van der Waals surface area (Å²) in [6.07, 6.45) is -0.871. The van der Waals surface area contributed by atoms with Crippen LogP contribution in [0.5, 0.6) is 17.2 Å². The van der Waals surface area contributed by atoms with Crippen LogP contribution in [-0.4, -0.2) is 48.8 Å². The largest absolute Gasteiger partial charge is 0.502 e. The van der Waals surface area contributed by atoms with Crippen molar-refractivity contribution in [2.24, 2.45) is 0 Å². The van der Waals surface area contributed by atoms with Crippen molar-refractivity contribution in [2.45, 2.75) is 6.10 Å². The van der Waals surface area contributed by atoms with Gasteiger partial charge in [-0.3, -0.25) is 0 Å². The molecule has 6 heteroatoms. The van der Waals surface area contributed by atoms with Crippen molar-refractivity contribution in [1.29, 1.82) is 0 Å². The predicted octanol–water partition coefficient (Wildman–Crippen LogP) is 0.174. The molecule has 1 unspecified atom stereocenters. The maximum Gasteiger partial charge on any atom is 0.202 e. The number of aliphatic hydroxyl groups excluding tert-OH is 2. The summed E-state index contributed by atoms with van der Waals surface area (Å²) in [7, 11) is 2.86. The number of hydrogen-bond acceptors (Lipinski definition) is 6. The molecule has 0 saturated carbocycles. The number of ether oxygens (including phenoxy) is 2.